The van der Waals surface area contributed by atoms with Crippen molar-refractivity contribution in [3.05, 3.63) is 27.9 Å². The van der Waals surface area contributed by atoms with Crippen LogP contribution in [0.15, 0.2) is 16.6 Å². The lowest BCUT2D eigenvalue weighted by Crippen LogP contribution is -2.15. The summed E-state index contributed by atoms with van der Waals surface area (Å²) >= 11 is 3.09. The molecule has 0 bridgehead atoms. The summed E-state index contributed by atoms with van der Waals surface area (Å²) in [6.45, 7) is 0. The summed E-state index contributed by atoms with van der Waals surface area (Å²) in [6, 6.07) is 2.04. The number of halogens is 4. The van der Waals surface area contributed by atoms with Crippen LogP contribution in [-0.2, 0) is 6.18 Å². The summed E-state index contributed by atoms with van der Waals surface area (Å²) in [4.78, 5) is 11.3. The fraction of sp³-hybridized carbons (Fsp3) is 0.182. The van der Waals surface area contributed by atoms with Crippen molar-refractivity contribution >= 4 is 21.8 Å². The number of nitrogens with one attached hydrogen (secondary N) is 1. The first kappa shape index (κ1) is 15.3. The zero-order chi connectivity index (χ0) is 15.8. The number of H-pyrrole nitrogens is 1. The van der Waals surface area contributed by atoms with E-state index in [0.717, 1.165) is 6.07 Å². The molecule has 0 saturated carbocycles. The Kier molecular flexibility index (Phi) is 3.90. The van der Waals surface area contributed by atoms with Crippen LogP contribution in [0.25, 0.3) is 11.3 Å². The molecule has 0 fully saturated rings. The molecule has 2 rings (SSSR count). The van der Waals surface area contributed by atoms with Crippen LogP contribution in [0.3, 0.4) is 0 Å². The number of nitrogens with two attached hydrogens (primary N) is 1. The van der Waals surface area contributed by atoms with Gasteiger partial charge < -0.3 is 10.5 Å². The van der Waals surface area contributed by atoms with E-state index in [4.69, 9.17) is 10.5 Å². The highest BCUT2D eigenvalue weighted by Gasteiger charge is 2.38. The molecule has 1 amide bonds. The topological polar surface area (TPSA) is 93.9 Å². The van der Waals surface area contributed by atoms with Crippen molar-refractivity contribution in [2.75, 3.05) is 7.11 Å². The SMILES string of the molecule is COc1c(Br)ccc(C(F)(F)F)c1-c1n[nH]nc1C(N)=O. The van der Waals surface area contributed by atoms with E-state index in [0.29, 0.717) is 0 Å². The fourth-order valence-corrected chi connectivity index (χ4v) is 2.30. The van der Waals surface area contributed by atoms with Crippen molar-refractivity contribution in [1.82, 2.24) is 15.4 Å². The molecule has 0 saturated heterocycles. The van der Waals surface area contributed by atoms with Crippen LogP contribution in [-0.4, -0.2) is 28.4 Å². The summed E-state index contributed by atoms with van der Waals surface area (Å²) in [5, 5.41) is 9.15. The summed E-state index contributed by atoms with van der Waals surface area (Å²) < 4.78 is 44.8. The molecule has 0 radical (unpaired) electrons. The lowest BCUT2D eigenvalue weighted by molar-refractivity contribution is -0.137. The lowest BCUT2D eigenvalue weighted by Gasteiger charge is -2.16. The minimum Gasteiger partial charge on any atom is -0.495 e. The second kappa shape index (κ2) is 5.35. The molecule has 112 valence electrons. The molecule has 0 aliphatic heterocycles. The van der Waals surface area contributed by atoms with Crippen LogP contribution < -0.4 is 10.5 Å². The predicted octanol–water partition coefficient (Wildman–Crippen LogP) is 2.36. The van der Waals surface area contributed by atoms with Crippen molar-refractivity contribution in [1.29, 1.82) is 0 Å². The third-order valence-corrected chi connectivity index (χ3v) is 3.26. The van der Waals surface area contributed by atoms with E-state index < -0.39 is 28.9 Å². The van der Waals surface area contributed by atoms with Gasteiger partial charge in [0.2, 0.25) is 0 Å². The van der Waals surface area contributed by atoms with Gasteiger partial charge in [-0.05, 0) is 28.1 Å². The molecule has 1 aromatic heterocycles. The van der Waals surface area contributed by atoms with E-state index in [1.807, 2.05) is 0 Å². The number of aromatic nitrogens is 3. The average Bonchev–Trinajstić information content (AvgIpc) is 2.85. The molecule has 0 spiro atoms. The van der Waals surface area contributed by atoms with Gasteiger partial charge in [-0.15, -0.1) is 0 Å². The van der Waals surface area contributed by atoms with Gasteiger partial charge in [0.05, 0.1) is 22.7 Å². The minimum atomic E-state index is -4.67. The molecule has 1 aromatic carbocycles. The van der Waals surface area contributed by atoms with Crippen molar-refractivity contribution in [3.8, 4) is 17.0 Å². The monoisotopic (exact) mass is 364 g/mol. The summed E-state index contributed by atoms with van der Waals surface area (Å²) in [5.41, 5.74) is 2.93. The van der Waals surface area contributed by atoms with Crippen LogP contribution >= 0.6 is 15.9 Å². The number of hydrogen-bond acceptors (Lipinski definition) is 4. The zero-order valence-corrected chi connectivity index (χ0v) is 12.0. The van der Waals surface area contributed by atoms with Crippen LogP contribution in [0.4, 0.5) is 13.2 Å². The number of carbonyl (C=O) groups excluding carboxylic acids is 1. The van der Waals surface area contributed by atoms with Gasteiger partial charge in [-0.3, -0.25) is 4.79 Å². The molecule has 3 N–H and O–H groups in total. The Morgan fingerprint density at radius 1 is 1.38 bits per heavy atom. The maximum absolute atomic E-state index is 13.2. The van der Waals surface area contributed by atoms with Gasteiger partial charge in [0.25, 0.3) is 5.91 Å². The second-order valence-electron chi connectivity index (χ2n) is 3.89. The van der Waals surface area contributed by atoms with Crippen molar-refractivity contribution in [2.24, 2.45) is 5.73 Å². The maximum Gasteiger partial charge on any atom is 0.417 e. The summed E-state index contributed by atoms with van der Waals surface area (Å²) in [5.74, 6) is -1.13. The van der Waals surface area contributed by atoms with Gasteiger partial charge in [0, 0.05) is 0 Å². The van der Waals surface area contributed by atoms with E-state index in [1.54, 1.807) is 0 Å². The Labute approximate surface area is 124 Å². The van der Waals surface area contributed by atoms with Crippen molar-refractivity contribution < 1.29 is 22.7 Å². The number of carbonyl (C=O) groups is 1. The fourth-order valence-electron chi connectivity index (χ4n) is 1.81. The smallest absolute Gasteiger partial charge is 0.417 e. The van der Waals surface area contributed by atoms with Crippen LogP contribution in [0.2, 0.25) is 0 Å². The molecule has 10 heteroatoms. The number of alkyl halides is 3. The Morgan fingerprint density at radius 3 is 2.57 bits per heavy atom. The number of aromatic amines is 1. The highest BCUT2D eigenvalue weighted by atomic mass is 79.9. The number of methoxy groups -OCH3 is 1. The molecule has 0 aliphatic carbocycles. The normalized spacial score (nSPS) is 11.5. The number of ether oxygens (including phenoxy) is 1. The van der Waals surface area contributed by atoms with Gasteiger partial charge in [-0.25, -0.2) is 0 Å². The Bertz CT molecular complexity index is 699. The first-order chi connectivity index (χ1) is 9.77. The van der Waals surface area contributed by atoms with E-state index >= 15 is 0 Å². The zero-order valence-electron chi connectivity index (χ0n) is 10.5. The lowest BCUT2D eigenvalue weighted by atomic mass is 10.0. The third-order valence-electron chi connectivity index (χ3n) is 2.64. The molecule has 1 heterocycles. The Morgan fingerprint density at radius 2 is 2.05 bits per heavy atom. The number of hydrogen-bond donors (Lipinski definition) is 2. The molecule has 0 unspecified atom stereocenters. The highest BCUT2D eigenvalue weighted by Crippen LogP contribution is 2.45. The largest absolute Gasteiger partial charge is 0.495 e. The molecular formula is C11H8BrF3N4O2. The standard InChI is InChI=1S/C11H8BrF3N4O2/c1-21-9-5(12)3-2-4(11(13,14)15)6(9)7-8(10(16)20)18-19-17-7/h2-3H,1H3,(H2,16,20)(H,17,18,19). The molecule has 21 heavy (non-hydrogen) atoms. The average molecular weight is 365 g/mol. The number of nitrogens with zero attached hydrogens (tertiary/aromatic N) is 2. The van der Waals surface area contributed by atoms with Crippen LogP contribution in [0, 0.1) is 0 Å². The predicted molar refractivity (Wildman–Crippen MR) is 69.6 cm³/mol. The summed E-state index contributed by atoms with van der Waals surface area (Å²) in [6.07, 6.45) is -4.67. The van der Waals surface area contributed by atoms with Gasteiger partial charge in [-0.1, -0.05) is 0 Å². The quantitative estimate of drug-likeness (QED) is 0.873. The van der Waals surface area contributed by atoms with Crippen LogP contribution in [0.1, 0.15) is 16.1 Å². The van der Waals surface area contributed by atoms with Crippen molar-refractivity contribution in [2.45, 2.75) is 6.18 Å². The van der Waals surface area contributed by atoms with Crippen molar-refractivity contribution in [3.63, 3.8) is 0 Å². The van der Waals surface area contributed by atoms with E-state index in [2.05, 4.69) is 31.3 Å². The highest BCUT2D eigenvalue weighted by molar-refractivity contribution is 9.10. The van der Waals surface area contributed by atoms with Gasteiger partial charge in [0.1, 0.15) is 11.4 Å². The summed E-state index contributed by atoms with van der Waals surface area (Å²) in [7, 11) is 1.20. The minimum absolute atomic E-state index is 0.124. The molecule has 2 aromatic rings. The third kappa shape index (κ3) is 2.71. The molecule has 6 nitrogen and oxygen atoms in total. The van der Waals surface area contributed by atoms with Gasteiger partial charge in [-0.2, -0.15) is 28.6 Å². The van der Waals surface area contributed by atoms with Crippen LogP contribution in [0.5, 0.6) is 5.75 Å². The number of rotatable bonds is 3. The number of primary amides is 1. The molecular weight excluding hydrogens is 357 g/mol. The molecule has 0 aliphatic rings. The maximum atomic E-state index is 13.2. The first-order valence-corrected chi connectivity index (χ1v) is 6.21. The molecule has 0 atom stereocenters. The van der Waals surface area contributed by atoms with Gasteiger partial charge in [0.15, 0.2) is 5.69 Å². The Balaban J connectivity index is 2.85. The first-order valence-electron chi connectivity index (χ1n) is 5.42. The van der Waals surface area contributed by atoms with E-state index in [1.165, 1.54) is 13.2 Å². The Hall–Kier alpha value is -2.10. The number of amides is 1. The van der Waals surface area contributed by atoms with Gasteiger partial charge >= 0.3 is 6.18 Å². The van der Waals surface area contributed by atoms with E-state index in [-0.39, 0.29) is 15.9 Å². The number of benzene rings is 1. The second-order valence-corrected chi connectivity index (χ2v) is 4.74. The van der Waals surface area contributed by atoms with E-state index in [9.17, 15) is 18.0 Å².